The van der Waals surface area contributed by atoms with Crippen molar-refractivity contribution in [2.24, 2.45) is 0 Å². The summed E-state index contributed by atoms with van der Waals surface area (Å²) in [6, 6.07) is 11.8. The molecule has 0 radical (unpaired) electrons. The second-order valence-corrected chi connectivity index (χ2v) is 6.89. The van der Waals surface area contributed by atoms with Crippen molar-refractivity contribution in [3.05, 3.63) is 59.1 Å². The van der Waals surface area contributed by atoms with Gasteiger partial charge in [-0.3, -0.25) is 0 Å². The Morgan fingerprint density at radius 3 is 2.32 bits per heavy atom. The first kappa shape index (κ1) is 16.3. The van der Waals surface area contributed by atoms with Crippen molar-refractivity contribution in [2.45, 2.75) is 13.1 Å². The maximum atomic E-state index is 5.95. The normalized spacial score (nSPS) is 20.7. The van der Waals surface area contributed by atoms with Gasteiger partial charge in [-0.25, -0.2) is 0 Å². The summed E-state index contributed by atoms with van der Waals surface area (Å²) in [5.74, 6) is 1.74. The summed E-state index contributed by atoms with van der Waals surface area (Å²) < 4.78 is 11.0. The number of nitrogens with zero attached hydrogens (tertiary/aromatic N) is 2. The molecular weight excluding hydrogens is 340 g/mol. The minimum atomic E-state index is 0.450. The van der Waals surface area contributed by atoms with Crippen LogP contribution in [-0.4, -0.2) is 36.4 Å². The smallest absolute Gasteiger partial charge is 0.283 e. The number of quaternary nitrogens is 2. The van der Waals surface area contributed by atoms with Gasteiger partial charge in [-0.05, 0) is 24.3 Å². The van der Waals surface area contributed by atoms with Gasteiger partial charge in [0.1, 0.15) is 32.7 Å². The summed E-state index contributed by atoms with van der Waals surface area (Å²) in [6.45, 7) is 6.28. The van der Waals surface area contributed by atoms with E-state index in [9.17, 15) is 0 Å². The SMILES string of the molecule is Clc1ccc(C[NH+]2CC[NH+](Cc3nnc(-c4ccco4)o3)CC2)cc1. The second kappa shape index (κ2) is 7.39. The van der Waals surface area contributed by atoms with Crippen LogP contribution in [0.1, 0.15) is 11.5 Å². The zero-order chi connectivity index (χ0) is 17.1. The topological polar surface area (TPSA) is 60.9 Å². The van der Waals surface area contributed by atoms with Crippen molar-refractivity contribution >= 4 is 11.6 Å². The molecule has 6 nitrogen and oxygen atoms in total. The highest BCUT2D eigenvalue weighted by Crippen LogP contribution is 2.17. The number of hydrogen-bond acceptors (Lipinski definition) is 4. The summed E-state index contributed by atoms with van der Waals surface area (Å²) >= 11 is 5.95. The monoisotopic (exact) mass is 360 g/mol. The predicted octanol–water partition coefficient (Wildman–Crippen LogP) is 0.467. The Bertz CT molecular complexity index is 793. The van der Waals surface area contributed by atoms with Gasteiger partial charge in [-0.2, -0.15) is 0 Å². The molecule has 7 heteroatoms. The van der Waals surface area contributed by atoms with Gasteiger partial charge in [0, 0.05) is 10.6 Å². The first-order valence-electron chi connectivity index (χ1n) is 8.54. The van der Waals surface area contributed by atoms with Gasteiger partial charge in [0.05, 0.1) is 6.26 Å². The van der Waals surface area contributed by atoms with Crippen molar-refractivity contribution in [3.8, 4) is 11.7 Å². The van der Waals surface area contributed by atoms with Crippen LogP contribution in [0.25, 0.3) is 11.7 Å². The van der Waals surface area contributed by atoms with E-state index in [2.05, 4.69) is 22.3 Å². The molecule has 0 saturated carbocycles. The Hall–Kier alpha value is -2.15. The fourth-order valence-electron chi connectivity index (χ4n) is 3.24. The van der Waals surface area contributed by atoms with Crippen LogP contribution in [0.5, 0.6) is 0 Å². The van der Waals surface area contributed by atoms with Gasteiger partial charge >= 0.3 is 0 Å². The van der Waals surface area contributed by atoms with E-state index >= 15 is 0 Å². The zero-order valence-electron chi connectivity index (χ0n) is 13.9. The lowest BCUT2D eigenvalue weighted by Crippen LogP contribution is -3.27. The van der Waals surface area contributed by atoms with E-state index in [1.54, 1.807) is 11.2 Å². The maximum Gasteiger partial charge on any atom is 0.283 e. The number of rotatable bonds is 5. The summed E-state index contributed by atoms with van der Waals surface area (Å²) in [4.78, 5) is 3.09. The van der Waals surface area contributed by atoms with Crippen molar-refractivity contribution in [1.82, 2.24) is 10.2 Å². The number of furan rings is 1. The maximum absolute atomic E-state index is 5.95. The summed E-state index contributed by atoms with van der Waals surface area (Å²) in [7, 11) is 0. The molecule has 1 saturated heterocycles. The van der Waals surface area contributed by atoms with Crippen LogP contribution in [0, 0.1) is 0 Å². The molecule has 1 aromatic carbocycles. The predicted molar refractivity (Wildman–Crippen MR) is 92.3 cm³/mol. The molecule has 2 aromatic heterocycles. The van der Waals surface area contributed by atoms with Crippen molar-refractivity contribution < 1.29 is 18.6 Å². The Morgan fingerprint density at radius 2 is 1.64 bits per heavy atom. The van der Waals surface area contributed by atoms with Gasteiger partial charge < -0.3 is 18.6 Å². The Balaban J connectivity index is 1.28. The molecule has 1 aliphatic heterocycles. The highest BCUT2D eigenvalue weighted by Gasteiger charge is 2.25. The van der Waals surface area contributed by atoms with Crippen LogP contribution in [0.4, 0.5) is 0 Å². The fraction of sp³-hybridized carbons (Fsp3) is 0.333. The van der Waals surface area contributed by atoms with Crippen LogP contribution in [-0.2, 0) is 13.1 Å². The Morgan fingerprint density at radius 1 is 0.920 bits per heavy atom. The molecule has 2 N–H and O–H groups in total. The molecule has 25 heavy (non-hydrogen) atoms. The van der Waals surface area contributed by atoms with Crippen molar-refractivity contribution in [1.29, 1.82) is 0 Å². The van der Waals surface area contributed by atoms with Crippen LogP contribution >= 0.6 is 11.6 Å². The summed E-state index contributed by atoms with van der Waals surface area (Å²) in [6.07, 6.45) is 1.60. The molecule has 1 aliphatic rings. The molecule has 130 valence electrons. The molecule has 0 atom stereocenters. The number of piperazine rings is 1. The lowest BCUT2D eigenvalue weighted by atomic mass is 10.2. The molecule has 3 aromatic rings. The van der Waals surface area contributed by atoms with Crippen LogP contribution in [0.3, 0.4) is 0 Å². The van der Waals surface area contributed by atoms with Crippen molar-refractivity contribution in [3.63, 3.8) is 0 Å². The third kappa shape index (κ3) is 4.10. The molecule has 3 heterocycles. The molecule has 0 bridgehead atoms. The zero-order valence-corrected chi connectivity index (χ0v) is 14.6. The van der Waals surface area contributed by atoms with Gasteiger partial charge in [0.15, 0.2) is 12.3 Å². The van der Waals surface area contributed by atoms with E-state index in [1.807, 2.05) is 24.3 Å². The standard InChI is InChI=1S/C18H19ClN4O2/c19-15-5-3-14(4-6-15)12-22-7-9-23(10-8-22)13-17-20-21-18(25-17)16-2-1-11-24-16/h1-6,11H,7-10,12-13H2/p+2. The molecule has 0 spiro atoms. The highest BCUT2D eigenvalue weighted by atomic mass is 35.5. The first-order chi connectivity index (χ1) is 12.3. The van der Waals surface area contributed by atoms with E-state index in [0.29, 0.717) is 17.5 Å². The number of halogens is 1. The average Bonchev–Trinajstić information content (AvgIpc) is 3.30. The molecule has 0 amide bonds. The van der Waals surface area contributed by atoms with E-state index in [0.717, 1.165) is 44.3 Å². The number of hydrogen-bond donors (Lipinski definition) is 2. The summed E-state index contributed by atoms with van der Waals surface area (Å²) in [5, 5.41) is 9.00. The molecule has 0 unspecified atom stereocenters. The Kier molecular flexibility index (Phi) is 4.83. The van der Waals surface area contributed by atoms with E-state index in [1.165, 1.54) is 10.5 Å². The van der Waals surface area contributed by atoms with Gasteiger partial charge in [0.25, 0.3) is 11.8 Å². The molecule has 1 fully saturated rings. The third-order valence-electron chi connectivity index (χ3n) is 4.63. The number of aromatic nitrogens is 2. The average molecular weight is 361 g/mol. The van der Waals surface area contributed by atoms with Gasteiger partial charge in [-0.1, -0.05) is 23.7 Å². The quantitative estimate of drug-likeness (QED) is 0.694. The largest absolute Gasteiger partial charge is 0.459 e. The molecular formula is C18H21ClN4O2+2. The van der Waals surface area contributed by atoms with Gasteiger partial charge in [0.2, 0.25) is 0 Å². The molecule has 0 aliphatic carbocycles. The molecule has 4 rings (SSSR count). The summed E-state index contributed by atoms with van der Waals surface area (Å²) in [5.41, 5.74) is 1.34. The highest BCUT2D eigenvalue weighted by molar-refractivity contribution is 6.30. The number of nitrogens with one attached hydrogen (secondary N) is 2. The fourth-order valence-corrected chi connectivity index (χ4v) is 3.37. The third-order valence-corrected chi connectivity index (χ3v) is 4.88. The first-order valence-corrected chi connectivity index (χ1v) is 8.92. The van der Waals surface area contributed by atoms with Crippen LogP contribution < -0.4 is 9.80 Å². The van der Waals surface area contributed by atoms with E-state index in [-0.39, 0.29) is 0 Å². The minimum absolute atomic E-state index is 0.450. The minimum Gasteiger partial charge on any atom is -0.459 e. The lowest BCUT2D eigenvalue weighted by molar-refractivity contribution is -1.02. The number of benzene rings is 1. The van der Waals surface area contributed by atoms with E-state index < -0.39 is 0 Å². The second-order valence-electron chi connectivity index (χ2n) is 6.46. The van der Waals surface area contributed by atoms with E-state index in [4.69, 9.17) is 20.4 Å². The van der Waals surface area contributed by atoms with Crippen LogP contribution in [0.15, 0.2) is 51.5 Å². The Labute approximate surface area is 151 Å². The van der Waals surface area contributed by atoms with Gasteiger partial charge in [-0.15, -0.1) is 10.2 Å². The van der Waals surface area contributed by atoms with Crippen LogP contribution in [0.2, 0.25) is 5.02 Å². The lowest BCUT2D eigenvalue weighted by Gasteiger charge is -2.29. The van der Waals surface area contributed by atoms with Crippen molar-refractivity contribution in [2.75, 3.05) is 26.2 Å².